The number of imidazole rings is 2. The van der Waals surface area contributed by atoms with Crippen molar-refractivity contribution in [3.05, 3.63) is 42.3 Å². The molecular weight excluding hydrogens is 390 g/mol. The summed E-state index contributed by atoms with van der Waals surface area (Å²) in [5.41, 5.74) is 3.89. The second-order valence-corrected chi connectivity index (χ2v) is 8.46. The maximum Gasteiger partial charge on any atom is 0.165 e. The third kappa shape index (κ3) is 3.15. The van der Waals surface area contributed by atoms with Gasteiger partial charge in [-0.25, -0.2) is 29.9 Å². The highest BCUT2D eigenvalue weighted by Gasteiger charge is 2.31. The Morgan fingerprint density at radius 1 is 1.03 bits per heavy atom. The smallest absolute Gasteiger partial charge is 0.165 e. The Kier molecular flexibility index (Phi) is 4.22. The Hall–Kier alpha value is -3.36. The second kappa shape index (κ2) is 7.11. The van der Waals surface area contributed by atoms with Gasteiger partial charge in [-0.05, 0) is 33.1 Å². The third-order valence-corrected chi connectivity index (χ3v) is 6.31. The zero-order valence-electron chi connectivity index (χ0n) is 17.8. The van der Waals surface area contributed by atoms with Crippen LogP contribution in [0.2, 0.25) is 0 Å². The number of nitrogens with one attached hydrogen (secondary N) is 1. The van der Waals surface area contributed by atoms with E-state index in [-0.39, 0.29) is 6.04 Å². The molecule has 2 aliphatic rings. The molecule has 1 fully saturated rings. The van der Waals surface area contributed by atoms with Crippen molar-refractivity contribution in [2.75, 3.05) is 5.32 Å². The van der Waals surface area contributed by atoms with Crippen LogP contribution < -0.4 is 5.32 Å². The van der Waals surface area contributed by atoms with Crippen molar-refractivity contribution >= 4 is 17.0 Å². The van der Waals surface area contributed by atoms with Gasteiger partial charge in [0.15, 0.2) is 17.0 Å². The average Bonchev–Trinajstić information content (AvgIpc) is 3.43. The van der Waals surface area contributed by atoms with Crippen LogP contribution in [0, 0.1) is 6.92 Å². The fourth-order valence-electron chi connectivity index (χ4n) is 4.54. The molecule has 1 aliphatic heterocycles. The van der Waals surface area contributed by atoms with E-state index in [9.17, 15) is 0 Å². The summed E-state index contributed by atoms with van der Waals surface area (Å²) >= 11 is 0. The number of aryl methyl sites for hydroxylation is 3. The minimum atomic E-state index is 0.287. The molecule has 158 valence electrons. The molecule has 9 nitrogen and oxygen atoms in total. The first-order chi connectivity index (χ1) is 15.2. The lowest BCUT2D eigenvalue weighted by Gasteiger charge is -2.26. The first-order valence-electron chi connectivity index (χ1n) is 11.0. The Bertz CT molecular complexity index is 1250. The summed E-state index contributed by atoms with van der Waals surface area (Å²) in [4.78, 5) is 27.3. The monoisotopic (exact) mass is 415 g/mol. The van der Waals surface area contributed by atoms with E-state index >= 15 is 0 Å². The first kappa shape index (κ1) is 18.4. The van der Waals surface area contributed by atoms with Crippen molar-refractivity contribution in [2.24, 2.45) is 0 Å². The SMILES string of the molecule is CCn1c(-c2cnc(C)nc2)nc2c(N[C@H]3CCc4ncc(C5CC5)n4C3)ncnc21. The Morgan fingerprint density at radius 3 is 2.65 bits per heavy atom. The molecular formula is C22H25N9. The number of hydrogen-bond donors (Lipinski definition) is 1. The Labute approximate surface area is 180 Å². The van der Waals surface area contributed by atoms with Gasteiger partial charge in [0.2, 0.25) is 0 Å². The lowest BCUT2D eigenvalue weighted by molar-refractivity contribution is 0.465. The number of nitrogens with zero attached hydrogens (tertiary/aromatic N) is 8. The summed E-state index contributed by atoms with van der Waals surface area (Å²) in [5, 5.41) is 3.66. The van der Waals surface area contributed by atoms with Gasteiger partial charge < -0.3 is 14.5 Å². The molecule has 5 heterocycles. The van der Waals surface area contributed by atoms with Crippen molar-refractivity contribution in [1.29, 1.82) is 0 Å². The van der Waals surface area contributed by atoms with Crippen LogP contribution in [-0.2, 0) is 19.5 Å². The molecule has 0 aromatic carbocycles. The summed E-state index contributed by atoms with van der Waals surface area (Å²) in [6.07, 6.45) is 11.9. The highest BCUT2D eigenvalue weighted by Crippen LogP contribution is 2.41. The van der Waals surface area contributed by atoms with Crippen LogP contribution in [0.3, 0.4) is 0 Å². The number of fused-ring (bicyclic) bond motifs is 2. The number of anilines is 1. The second-order valence-electron chi connectivity index (χ2n) is 8.46. The number of hydrogen-bond acceptors (Lipinski definition) is 7. The fourth-order valence-corrected chi connectivity index (χ4v) is 4.54. The van der Waals surface area contributed by atoms with Gasteiger partial charge in [-0.1, -0.05) is 0 Å². The molecule has 6 rings (SSSR count). The molecule has 0 amide bonds. The third-order valence-electron chi connectivity index (χ3n) is 6.31. The van der Waals surface area contributed by atoms with E-state index in [4.69, 9.17) is 4.98 Å². The highest BCUT2D eigenvalue weighted by molar-refractivity contribution is 5.86. The Morgan fingerprint density at radius 2 is 1.87 bits per heavy atom. The van der Waals surface area contributed by atoms with E-state index in [1.807, 2.05) is 19.3 Å². The van der Waals surface area contributed by atoms with Gasteiger partial charge in [0.25, 0.3) is 0 Å². The van der Waals surface area contributed by atoms with Crippen LogP contribution in [0.1, 0.15) is 49.4 Å². The standard InChI is InChI=1S/C22H25N9/c1-3-30-21(15-8-23-13(2)24-9-15)29-19-20(26-12-27-22(19)30)28-16-6-7-18-25-10-17(14-4-5-14)31(18)11-16/h8-10,12,14,16H,3-7,11H2,1-2H3,(H,26,27,28)/t16-/m0/s1. The molecule has 0 saturated heterocycles. The van der Waals surface area contributed by atoms with Gasteiger partial charge in [0.1, 0.15) is 23.8 Å². The quantitative estimate of drug-likeness (QED) is 0.535. The maximum absolute atomic E-state index is 4.92. The van der Waals surface area contributed by atoms with E-state index in [0.717, 1.165) is 60.1 Å². The summed E-state index contributed by atoms with van der Waals surface area (Å²) in [6.45, 7) is 5.64. The molecule has 1 N–H and O–H groups in total. The van der Waals surface area contributed by atoms with Crippen LogP contribution in [0.25, 0.3) is 22.6 Å². The summed E-state index contributed by atoms with van der Waals surface area (Å²) in [7, 11) is 0. The molecule has 1 atom stereocenters. The largest absolute Gasteiger partial charge is 0.364 e. The maximum atomic E-state index is 4.92. The molecule has 0 radical (unpaired) electrons. The minimum absolute atomic E-state index is 0.287. The molecule has 4 aromatic heterocycles. The molecule has 1 saturated carbocycles. The van der Waals surface area contributed by atoms with E-state index in [2.05, 4.69) is 52.5 Å². The average molecular weight is 416 g/mol. The lowest BCUT2D eigenvalue weighted by atomic mass is 10.1. The lowest BCUT2D eigenvalue weighted by Crippen LogP contribution is -2.32. The van der Waals surface area contributed by atoms with Crippen LogP contribution in [0.4, 0.5) is 5.82 Å². The van der Waals surface area contributed by atoms with Gasteiger partial charge in [0.05, 0.1) is 5.56 Å². The van der Waals surface area contributed by atoms with Crippen molar-refractivity contribution in [1.82, 2.24) is 39.0 Å². The number of rotatable bonds is 5. The topological polar surface area (TPSA) is 99.2 Å². The van der Waals surface area contributed by atoms with Gasteiger partial charge in [-0.3, -0.25) is 0 Å². The molecule has 31 heavy (non-hydrogen) atoms. The van der Waals surface area contributed by atoms with Gasteiger partial charge in [0, 0.05) is 55.8 Å². The minimum Gasteiger partial charge on any atom is -0.364 e. The molecule has 1 aliphatic carbocycles. The molecule has 9 heteroatoms. The zero-order chi connectivity index (χ0) is 20.9. The van der Waals surface area contributed by atoms with Crippen molar-refractivity contribution in [3.63, 3.8) is 0 Å². The van der Waals surface area contributed by atoms with Crippen molar-refractivity contribution in [2.45, 2.75) is 64.6 Å². The fraction of sp³-hybridized carbons (Fsp3) is 0.455. The van der Waals surface area contributed by atoms with Crippen LogP contribution >= 0.6 is 0 Å². The summed E-state index contributed by atoms with van der Waals surface area (Å²) in [5.74, 6) is 4.26. The molecule has 0 spiro atoms. The Balaban J connectivity index is 1.34. The van der Waals surface area contributed by atoms with Crippen LogP contribution in [0.5, 0.6) is 0 Å². The van der Waals surface area contributed by atoms with Crippen LogP contribution in [-0.4, -0.2) is 45.1 Å². The van der Waals surface area contributed by atoms with E-state index in [1.165, 1.54) is 24.4 Å². The van der Waals surface area contributed by atoms with E-state index in [1.54, 1.807) is 6.33 Å². The molecule has 0 bridgehead atoms. The van der Waals surface area contributed by atoms with Gasteiger partial charge in [-0.2, -0.15) is 0 Å². The van der Waals surface area contributed by atoms with Crippen molar-refractivity contribution in [3.8, 4) is 11.4 Å². The number of aromatic nitrogens is 8. The molecule has 0 unspecified atom stereocenters. The first-order valence-corrected chi connectivity index (χ1v) is 11.0. The van der Waals surface area contributed by atoms with Crippen LogP contribution in [0.15, 0.2) is 24.9 Å². The van der Waals surface area contributed by atoms with E-state index in [0.29, 0.717) is 5.92 Å². The normalized spacial score (nSPS) is 18.3. The summed E-state index contributed by atoms with van der Waals surface area (Å²) < 4.78 is 4.51. The highest BCUT2D eigenvalue weighted by atomic mass is 15.2. The zero-order valence-corrected chi connectivity index (χ0v) is 17.8. The predicted octanol–water partition coefficient (Wildman–Crippen LogP) is 3.11. The van der Waals surface area contributed by atoms with Crippen molar-refractivity contribution < 1.29 is 0 Å². The van der Waals surface area contributed by atoms with Gasteiger partial charge >= 0.3 is 0 Å². The summed E-state index contributed by atoms with van der Waals surface area (Å²) in [6, 6.07) is 0.287. The van der Waals surface area contributed by atoms with E-state index < -0.39 is 0 Å². The van der Waals surface area contributed by atoms with Gasteiger partial charge in [-0.15, -0.1) is 0 Å². The molecule has 4 aromatic rings. The predicted molar refractivity (Wildman–Crippen MR) is 117 cm³/mol.